The van der Waals surface area contributed by atoms with Crippen molar-refractivity contribution < 1.29 is 19.7 Å². The van der Waals surface area contributed by atoms with Crippen molar-refractivity contribution in [2.45, 2.75) is 6.92 Å². The van der Waals surface area contributed by atoms with Gasteiger partial charge in [0.25, 0.3) is 0 Å². The van der Waals surface area contributed by atoms with Gasteiger partial charge < -0.3 is 14.9 Å². The maximum atomic E-state index is 10.9. The van der Waals surface area contributed by atoms with E-state index in [4.69, 9.17) is 5.11 Å². The third-order valence-corrected chi connectivity index (χ3v) is 1.77. The molecule has 2 N–H and O–H groups in total. The van der Waals surface area contributed by atoms with Crippen molar-refractivity contribution in [3.8, 4) is 11.5 Å². The average molecular weight is 223 g/mol. The van der Waals surface area contributed by atoms with Crippen LogP contribution < -0.4 is 0 Å². The molecule has 1 aromatic rings. The normalized spacial score (nSPS) is 10.6. The van der Waals surface area contributed by atoms with Crippen molar-refractivity contribution in [1.29, 1.82) is 0 Å². The molecule has 5 heteroatoms. The number of benzene rings is 1. The van der Waals surface area contributed by atoms with E-state index in [9.17, 15) is 9.90 Å². The molecule has 86 valence electrons. The second kappa shape index (κ2) is 5.75. The molecular weight excluding hydrogens is 210 g/mol. The first-order valence-corrected chi connectivity index (χ1v) is 4.81. The van der Waals surface area contributed by atoms with Crippen LogP contribution in [-0.4, -0.2) is 35.5 Å². The third kappa shape index (κ3) is 3.61. The van der Waals surface area contributed by atoms with Crippen molar-refractivity contribution in [2.24, 2.45) is 4.99 Å². The highest BCUT2D eigenvalue weighted by molar-refractivity contribution is 5.85. The summed E-state index contributed by atoms with van der Waals surface area (Å²) in [4.78, 5) is 14.7. The van der Waals surface area contributed by atoms with Crippen molar-refractivity contribution in [3.63, 3.8) is 0 Å². The number of carbonyl (C=O) groups excluding carboxylic acids is 1. The highest BCUT2D eigenvalue weighted by atomic mass is 16.5. The largest absolute Gasteiger partial charge is 0.508 e. The van der Waals surface area contributed by atoms with Crippen LogP contribution in [0.4, 0.5) is 0 Å². The van der Waals surface area contributed by atoms with E-state index in [1.165, 1.54) is 24.4 Å². The zero-order valence-corrected chi connectivity index (χ0v) is 8.88. The molecule has 0 fully saturated rings. The summed E-state index contributed by atoms with van der Waals surface area (Å²) in [6.07, 6.45) is 1.35. The molecule has 0 radical (unpaired) electrons. The fourth-order valence-corrected chi connectivity index (χ4v) is 1.07. The van der Waals surface area contributed by atoms with Gasteiger partial charge >= 0.3 is 5.97 Å². The molecule has 0 unspecified atom stereocenters. The quantitative estimate of drug-likeness (QED) is 0.591. The van der Waals surface area contributed by atoms with Crippen LogP contribution in [0.3, 0.4) is 0 Å². The summed E-state index contributed by atoms with van der Waals surface area (Å²) in [6, 6.07) is 4.12. The molecule has 0 bridgehead atoms. The monoisotopic (exact) mass is 223 g/mol. The Bertz CT molecular complexity index is 401. The van der Waals surface area contributed by atoms with Crippen molar-refractivity contribution in [2.75, 3.05) is 13.2 Å². The van der Waals surface area contributed by atoms with Gasteiger partial charge in [0, 0.05) is 17.8 Å². The van der Waals surface area contributed by atoms with Gasteiger partial charge in [-0.2, -0.15) is 0 Å². The third-order valence-electron chi connectivity index (χ3n) is 1.77. The highest BCUT2D eigenvalue weighted by Crippen LogP contribution is 2.20. The number of aromatic hydroxyl groups is 2. The van der Waals surface area contributed by atoms with Gasteiger partial charge in [0.2, 0.25) is 0 Å². The Morgan fingerprint density at radius 1 is 1.50 bits per heavy atom. The number of phenolic OH excluding ortho intramolecular Hbond substituents is 2. The number of esters is 1. The summed E-state index contributed by atoms with van der Waals surface area (Å²) < 4.78 is 4.67. The molecule has 0 spiro atoms. The first-order valence-electron chi connectivity index (χ1n) is 4.81. The summed E-state index contributed by atoms with van der Waals surface area (Å²) in [7, 11) is 0. The van der Waals surface area contributed by atoms with Gasteiger partial charge in [0.1, 0.15) is 18.0 Å². The van der Waals surface area contributed by atoms with E-state index in [-0.39, 0.29) is 18.0 Å². The molecule has 1 aromatic carbocycles. The molecule has 0 aliphatic heterocycles. The lowest BCUT2D eigenvalue weighted by atomic mass is 10.2. The fourth-order valence-electron chi connectivity index (χ4n) is 1.07. The van der Waals surface area contributed by atoms with Crippen LogP contribution in [0.5, 0.6) is 11.5 Å². The van der Waals surface area contributed by atoms with Crippen LogP contribution in [-0.2, 0) is 9.53 Å². The smallest absolute Gasteiger partial charge is 0.327 e. The second-order valence-corrected chi connectivity index (χ2v) is 3.02. The topological polar surface area (TPSA) is 79.1 Å². The Kier molecular flexibility index (Phi) is 4.32. The van der Waals surface area contributed by atoms with E-state index < -0.39 is 5.97 Å². The van der Waals surface area contributed by atoms with Gasteiger partial charge in [-0.05, 0) is 19.1 Å². The number of aliphatic imine (C=N–C) groups is 1. The summed E-state index contributed by atoms with van der Waals surface area (Å²) in [6.45, 7) is 1.94. The van der Waals surface area contributed by atoms with Gasteiger partial charge in [-0.3, -0.25) is 9.79 Å². The summed E-state index contributed by atoms with van der Waals surface area (Å²) in [5.41, 5.74) is 0.432. The second-order valence-electron chi connectivity index (χ2n) is 3.02. The van der Waals surface area contributed by atoms with Crippen molar-refractivity contribution >= 4 is 12.2 Å². The molecule has 16 heavy (non-hydrogen) atoms. The van der Waals surface area contributed by atoms with E-state index in [0.717, 1.165) is 0 Å². The zero-order valence-electron chi connectivity index (χ0n) is 8.88. The Hall–Kier alpha value is -2.04. The van der Waals surface area contributed by atoms with Crippen LogP contribution in [0.25, 0.3) is 0 Å². The van der Waals surface area contributed by atoms with E-state index in [1.54, 1.807) is 6.92 Å². The first kappa shape index (κ1) is 12.0. The number of ether oxygens (including phenoxy) is 1. The van der Waals surface area contributed by atoms with Crippen LogP contribution in [0.2, 0.25) is 0 Å². The van der Waals surface area contributed by atoms with Crippen LogP contribution in [0, 0.1) is 0 Å². The molecule has 0 aromatic heterocycles. The Morgan fingerprint density at radius 3 is 2.88 bits per heavy atom. The average Bonchev–Trinajstić information content (AvgIpc) is 2.22. The highest BCUT2D eigenvalue weighted by Gasteiger charge is 2.00. The first-order chi connectivity index (χ1) is 7.63. The number of phenols is 2. The summed E-state index contributed by atoms with van der Waals surface area (Å²) >= 11 is 0. The Labute approximate surface area is 93.0 Å². The molecule has 0 amide bonds. The molecular formula is C11H13NO4. The molecule has 0 aliphatic rings. The maximum absolute atomic E-state index is 10.9. The van der Waals surface area contributed by atoms with Gasteiger partial charge in [-0.1, -0.05) is 0 Å². The minimum Gasteiger partial charge on any atom is -0.508 e. The van der Waals surface area contributed by atoms with Crippen LogP contribution in [0.1, 0.15) is 12.5 Å². The van der Waals surface area contributed by atoms with E-state index in [2.05, 4.69) is 9.73 Å². The minimum absolute atomic E-state index is 0.0277. The number of nitrogens with zero attached hydrogens (tertiary/aromatic N) is 1. The Balaban J connectivity index is 2.59. The minimum atomic E-state index is -0.419. The van der Waals surface area contributed by atoms with Gasteiger partial charge in [0.15, 0.2) is 0 Å². The number of rotatable bonds is 4. The molecule has 5 nitrogen and oxygen atoms in total. The predicted octanol–water partition coefficient (Wildman–Crippen LogP) is 1.08. The molecule has 0 saturated carbocycles. The van der Waals surface area contributed by atoms with Crippen molar-refractivity contribution in [1.82, 2.24) is 0 Å². The van der Waals surface area contributed by atoms with Crippen LogP contribution in [0.15, 0.2) is 23.2 Å². The van der Waals surface area contributed by atoms with Crippen molar-refractivity contribution in [3.05, 3.63) is 23.8 Å². The zero-order chi connectivity index (χ0) is 12.0. The fraction of sp³-hybridized carbons (Fsp3) is 0.273. The van der Waals surface area contributed by atoms with E-state index in [0.29, 0.717) is 12.2 Å². The lowest BCUT2D eigenvalue weighted by Gasteiger charge is -1.99. The van der Waals surface area contributed by atoms with Gasteiger partial charge in [0.05, 0.1) is 6.61 Å². The predicted molar refractivity (Wildman–Crippen MR) is 58.9 cm³/mol. The van der Waals surface area contributed by atoms with Gasteiger partial charge in [-0.15, -0.1) is 0 Å². The summed E-state index contributed by atoms with van der Waals surface area (Å²) in [5.74, 6) is -0.537. The van der Waals surface area contributed by atoms with E-state index in [1.807, 2.05) is 0 Å². The molecule has 1 rings (SSSR count). The number of hydrogen-bond donors (Lipinski definition) is 2. The molecule has 0 saturated heterocycles. The molecule has 0 atom stereocenters. The van der Waals surface area contributed by atoms with Gasteiger partial charge in [-0.25, -0.2) is 0 Å². The lowest BCUT2D eigenvalue weighted by molar-refractivity contribution is -0.141. The number of carbonyl (C=O) groups is 1. The molecule has 0 heterocycles. The molecule has 0 aliphatic carbocycles. The van der Waals surface area contributed by atoms with E-state index >= 15 is 0 Å². The SMILES string of the molecule is CCOC(=O)CN=Cc1ccc(O)cc1O. The standard InChI is InChI=1S/C11H13NO4/c1-2-16-11(15)7-12-6-8-3-4-9(13)5-10(8)14/h3-6,13-14H,2,7H2,1H3. The summed E-state index contributed by atoms with van der Waals surface area (Å²) in [5, 5.41) is 18.4. The van der Waals surface area contributed by atoms with Crippen LogP contribution >= 0.6 is 0 Å². The lowest BCUT2D eigenvalue weighted by Crippen LogP contribution is -2.07. The Morgan fingerprint density at radius 2 is 2.25 bits per heavy atom. The maximum Gasteiger partial charge on any atom is 0.327 e. The number of hydrogen-bond acceptors (Lipinski definition) is 5.